The Morgan fingerprint density at radius 2 is 1.47 bits per heavy atom. The zero-order valence-electron chi connectivity index (χ0n) is 16.3. The van der Waals surface area contributed by atoms with E-state index in [0.717, 1.165) is 5.56 Å². The van der Waals surface area contributed by atoms with Crippen LogP contribution in [0.5, 0.6) is 5.75 Å². The van der Waals surface area contributed by atoms with E-state index in [9.17, 15) is 14.4 Å². The van der Waals surface area contributed by atoms with Gasteiger partial charge in [0, 0.05) is 18.6 Å². The molecule has 3 aromatic rings. The van der Waals surface area contributed by atoms with E-state index in [-0.39, 0.29) is 11.7 Å². The molecule has 0 aliphatic carbocycles. The second-order valence-electron chi connectivity index (χ2n) is 6.35. The lowest BCUT2D eigenvalue weighted by Gasteiger charge is -2.12. The Morgan fingerprint density at radius 3 is 2.17 bits per heavy atom. The van der Waals surface area contributed by atoms with Crippen LogP contribution in [0.15, 0.2) is 84.9 Å². The fourth-order valence-corrected chi connectivity index (χ4v) is 2.67. The molecule has 0 aromatic heterocycles. The Bertz CT molecular complexity index is 1090. The van der Waals surface area contributed by atoms with E-state index in [4.69, 9.17) is 4.74 Å². The fraction of sp³-hybridized carbons (Fsp3) is 0.0417. The summed E-state index contributed by atoms with van der Waals surface area (Å²) in [5.74, 6) is -0.908. The third kappa shape index (κ3) is 5.90. The van der Waals surface area contributed by atoms with Gasteiger partial charge in [-0.1, -0.05) is 48.5 Å². The van der Waals surface area contributed by atoms with Crippen LogP contribution in [0.3, 0.4) is 0 Å². The van der Waals surface area contributed by atoms with Gasteiger partial charge in [0.2, 0.25) is 5.91 Å². The molecule has 2 amide bonds. The molecule has 0 saturated carbocycles. The number of hydrogen-bond donors (Lipinski definition) is 2. The first kappa shape index (κ1) is 20.5. The molecular weight excluding hydrogens is 380 g/mol. The number of para-hydroxylation sites is 2. The van der Waals surface area contributed by atoms with Gasteiger partial charge in [-0.05, 0) is 42.0 Å². The molecule has 0 bridgehead atoms. The summed E-state index contributed by atoms with van der Waals surface area (Å²) in [5.41, 5.74) is 2.13. The minimum absolute atomic E-state index is 0.280. The Hall–Kier alpha value is -4.19. The molecule has 6 heteroatoms. The highest BCUT2D eigenvalue weighted by atomic mass is 16.5. The van der Waals surface area contributed by atoms with E-state index >= 15 is 0 Å². The molecule has 0 spiro atoms. The molecule has 30 heavy (non-hydrogen) atoms. The summed E-state index contributed by atoms with van der Waals surface area (Å²) in [6.07, 6.45) is 3.13. The summed E-state index contributed by atoms with van der Waals surface area (Å²) in [7, 11) is 0. The Labute approximate surface area is 174 Å². The van der Waals surface area contributed by atoms with Gasteiger partial charge in [0.15, 0.2) is 0 Å². The van der Waals surface area contributed by atoms with Crippen LogP contribution in [0.25, 0.3) is 6.08 Å². The number of amides is 2. The minimum atomic E-state index is -0.468. The molecule has 0 heterocycles. The highest BCUT2D eigenvalue weighted by Gasteiger charge is 2.11. The molecule has 3 aromatic carbocycles. The van der Waals surface area contributed by atoms with Crippen molar-refractivity contribution in [1.82, 2.24) is 0 Å². The van der Waals surface area contributed by atoms with Crippen LogP contribution >= 0.6 is 0 Å². The van der Waals surface area contributed by atoms with Gasteiger partial charge < -0.3 is 15.4 Å². The molecule has 0 aliphatic rings. The lowest BCUT2D eigenvalue weighted by atomic mass is 10.2. The van der Waals surface area contributed by atoms with Crippen LogP contribution in [0, 0.1) is 0 Å². The molecule has 0 radical (unpaired) electrons. The summed E-state index contributed by atoms with van der Waals surface area (Å²) in [6, 6.07) is 22.6. The van der Waals surface area contributed by atoms with Crippen molar-refractivity contribution in [3.8, 4) is 5.75 Å². The molecule has 6 nitrogen and oxygen atoms in total. The molecule has 150 valence electrons. The van der Waals surface area contributed by atoms with E-state index < -0.39 is 11.9 Å². The second-order valence-corrected chi connectivity index (χ2v) is 6.35. The lowest BCUT2D eigenvalue weighted by molar-refractivity contribution is -0.131. The van der Waals surface area contributed by atoms with E-state index in [2.05, 4.69) is 10.6 Å². The maximum absolute atomic E-state index is 12.6. The number of ether oxygens (including phenoxy) is 1. The number of hydrogen-bond acceptors (Lipinski definition) is 4. The van der Waals surface area contributed by atoms with Crippen molar-refractivity contribution in [2.75, 3.05) is 10.6 Å². The minimum Gasteiger partial charge on any atom is -0.427 e. The van der Waals surface area contributed by atoms with Gasteiger partial charge in [-0.3, -0.25) is 14.4 Å². The number of nitrogens with one attached hydrogen (secondary N) is 2. The normalized spacial score (nSPS) is 10.4. The molecule has 2 N–H and O–H groups in total. The SMILES string of the molecule is CC(=O)Oc1cccc(C(=O)Nc2ccccc2NC(=O)/C=C/c2ccccc2)c1. The first-order valence-electron chi connectivity index (χ1n) is 9.24. The van der Waals surface area contributed by atoms with Gasteiger partial charge in [0.1, 0.15) is 5.75 Å². The van der Waals surface area contributed by atoms with E-state index in [1.54, 1.807) is 48.5 Å². The van der Waals surface area contributed by atoms with E-state index in [1.165, 1.54) is 19.1 Å². The second kappa shape index (κ2) is 9.84. The average Bonchev–Trinajstić information content (AvgIpc) is 2.74. The molecule has 0 unspecified atom stereocenters. The van der Waals surface area contributed by atoms with E-state index in [1.807, 2.05) is 30.3 Å². The van der Waals surface area contributed by atoms with Crippen LogP contribution < -0.4 is 15.4 Å². The zero-order chi connectivity index (χ0) is 21.3. The van der Waals surface area contributed by atoms with Crippen molar-refractivity contribution in [3.05, 3.63) is 96.1 Å². The number of carbonyl (C=O) groups excluding carboxylic acids is 3. The monoisotopic (exact) mass is 400 g/mol. The third-order valence-electron chi connectivity index (χ3n) is 4.02. The number of rotatable bonds is 6. The number of esters is 1. The van der Waals surface area contributed by atoms with Crippen LogP contribution in [-0.2, 0) is 9.59 Å². The smallest absolute Gasteiger partial charge is 0.308 e. The quantitative estimate of drug-likeness (QED) is 0.362. The van der Waals surface area contributed by atoms with Gasteiger partial charge in [-0.25, -0.2) is 0 Å². The summed E-state index contributed by atoms with van der Waals surface area (Å²) >= 11 is 0. The molecule has 0 atom stereocenters. The highest BCUT2D eigenvalue weighted by Crippen LogP contribution is 2.23. The lowest BCUT2D eigenvalue weighted by Crippen LogP contribution is -2.15. The van der Waals surface area contributed by atoms with Gasteiger partial charge in [-0.15, -0.1) is 0 Å². The zero-order valence-corrected chi connectivity index (χ0v) is 16.3. The molecular formula is C24H20N2O4. The van der Waals surface area contributed by atoms with Gasteiger partial charge in [0.25, 0.3) is 5.91 Å². The first-order chi connectivity index (χ1) is 14.5. The van der Waals surface area contributed by atoms with E-state index in [0.29, 0.717) is 16.9 Å². The fourth-order valence-electron chi connectivity index (χ4n) is 2.67. The van der Waals surface area contributed by atoms with Crippen LogP contribution in [-0.4, -0.2) is 17.8 Å². The van der Waals surface area contributed by atoms with Crippen LogP contribution in [0.4, 0.5) is 11.4 Å². The van der Waals surface area contributed by atoms with Gasteiger partial charge in [0.05, 0.1) is 11.4 Å². The predicted molar refractivity (Wildman–Crippen MR) is 116 cm³/mol. The van der Waals surface area contributed by atoms with Crippen molar-refractivity contribution < 1.29 is 19.1 Å². The van der Waals surface area contributed by atoms with Crippen molar-refractivity contribution in [2.45, 2.75) is 6.92 Å². The highest BCUT2D eigenvalue weighted by molar-refractivity contribution is 6.09. The maximum atomic E-state index is 12.6. The topological polar surface area (TPSA) is 84.5 Å². The van der Waals surface area contributed by atoms with Crippen molar-refractivity contribution in [1.29, 1.82) is 0 Å². The maximum Gasteiger partial charge on any atom is 0.308 e. The largest absolute Gasteiger partial charge is 0.427 e. The number of anilines is 2. The Morgan fingerprint density at radius 1 is 0.800 bits per heavy atom. The molecule has 0 aliphatic heterocycles. The Kier molecular flexibility index (Phi) is 6.74. The van der Waals surface area contributed by atoms with Crippen LogP contribution in [0.1, 0.15) is 22.8 Å². The summed E-state index contributed by atoms with van der Waals surface area (Å²) < 4.78 is 5.01. The van der Waals surface area contributed by atoms with Crippen molar-refractivity contribution in [2.24, 2.45) is 0 Å². The van der Waals surface area contributed by atoms with Crippen molar-refractivity contribution in [3.63, 3.8) is 0 Å². The van der Waals surface area contributed by atoms with Crippen molar-refractivity contribution >= 4 is 35.2 Å². The average molecular weight is 400 g/mol. The third-order valence-corrected chi connectivity index (χ3v) is 4.02. The standard InChI is InChI=1S/C24H20N2O4/c1-17(27)30-20-11-7-10-19(16-20)24(29)26-22-13-6-5-12-21(22)25-23(28)15-14-18-8-3-2-4-9-18/h2-16H,1H3,(H,25,28)(H,26,29)/b15-14+. The number of benzene rings is 3. The summed E-state index contributed by atoms with van der Waals surface area (Å²) in [4.78, 5) is 36.0. The van der Waals surface area contributed by atoms with Gasteiger partial charge in [-0.2, -0.15) is 0 Å². The summed E-state index contributed by atoms with van der Waals surface area (Å²) in [5, 5.41) is 5.53. The predicted octanol–water partition coefficient (Wildman–Crippen LogP) is 4.52. The van der Waals surface area contributed by atoms with Crippen LogP contribution in [0.2, 0.25) is 0 Å². The molecule has 0 saturated heterocycles. The summed E-state index contributed by atoms with van der Waals surface area (Å²) in [6.45, 7) is 1.29. The number of carbonyl (C=O) groups is 3. The first-order valence-corrected chi connectivity index (χ1v) is 9.24. The molecule has 0 fully saturated rings. The molecule has 3 rings (SSSR count). The van der Waals surface area contributed by atoms with Gasteiger partial charge >= 0.3 is 5.97 Å². The Balaban J connectivity index is 1.70.